The maximum absolute atomic E-state index is 12.6. The summed E-state index contributed by atoms with van der Waals surface area (Å²) in [6, 6.07) is 8.85. The minimum Gasteiger partial charge on any atom is -0.478 e. The predicted molar refractivity (Wildman–Crippen MR) is 101 cm³/mol. The van der Waals surface area contributed by atoms with Crippen LogP contribution >= 0.6 is 11.8 Å². The van der Waals surface area contributed by atoms with E-state index in [9.17, 15) is 14.4 Å². The fourth-order valence-corrected chi connectivity index (χ4v) is 3.83. The smallest absolute Gasteiger partial charge is 0.294 e. The lowest BCUT2D eigenvalue weighted by molar-refractivity contribution is -0.136. The summed E-state index contributed by atoms with van der Waals surface area (Å²) in [6.07, 6.45) is 4.56. The molecule has 3 rings (SSSR count). The second-order valence-corrected chi connectivity index (χ2v) is 7.19. The average Bonchev–Trinajstić information content (AvgIpc) is 2.95. The van der Waals surface area contributed by atoms with E-state index >= 15 is 0 Å². The zero-order valence-electron chi connectivity index (χ0n) is 14.7. The number of hydrogen-bond acceptors (Lipinski definition) is 6. The maximum atomic E-state index is 12.6. The van der Waals surface area contributed by atoms with Gasteiger partial charge in [0.15, 0.2) is 6.61 Å². The van der Waals surface area contributed by atoms with Crippen LogP contribution in [0.1, 0.15) is 24.8 Å². The van der Waals surface area contributed by atoms with Gasteiger partial charge in [-0.1, -0.05) is 18.2 Å². The molecule has 0 spiro atoms. The number of rotatable bonds is 5. The average molecular weight is 385 g/mol. The Kier molecular flexibility index (Phi) is 6.14. The summed E-state index contributed by atoms with van der Waals surface area (Å²) in [6.45, 7) is 1.01. The zero-order chi connectivity index (χ0) is 19.2. The Labute approximate surface area is 161 Å². The number of benzene rings is 1. The molecular weight excluding hydrogens is 366 g/mol. The van der Waals surface area contributed by atoms with E-state index < -0.39 is 11.1 Å². The highest BCUT2D eigenvalue weighted by Crippen LogP contribution is 2.34. The minimum absolute atomic E-state index is 0.114. The van der Waals surface area contributed by atoms with Crippen molar-refractivity contribution in [2.45, 2.75) is 19.3 Å². The fraction of sp³-hybridized carbons (Fsp3) is 0.368. The highest BCUT2D eigenvalue weighted by molar-refractivity contribution is 8.18. The zero-order valence-corrected chi connectivity index (χ0v) is 15.5. The maximum Gasteiger partial charge on any atom is 0.294 e. The van der Waals surface area contributed by atoms with Gasteiger partial charge in [-0.2, -0.15) is 5.26 Å². The van der Waals surface area contributed by atoms with Crippen LogP contribution in [-0.4, -0.2) is 53.1 Å². The standard InChI is InChI=1S/C19H19N3O4S/c20-8-11-26-15-7-3-2-6-14(15)12-16-18(24)22(19(25)27-16)13-17(23)21-9-4-1-5-10-21/h2-3,6-7,12H,1,4-5,9-11,13H2/b16-12-. The molecule has 0 N–H and O–H groups in total. The molecule has 2 heterocycles. The Morgan fingerprint density at radius 2 is 1.96 bits per heavy atom. The largest absolute Gasteiger partial charge is 0.478 e. The van der Waals surface area contributed by atoms with E-state index in [1.807, 2.05) is 6.07 Å². The first kappa shape index (κ1) is 19.0. The number of carbonyl (C=O) groups excluding carboxylic acids is 3. The molecule has 0 radical (unpaired) electrons. The number of imide groups is 1. The van der Waals surface area contributed by atoms with Crippen LogP contribution in [0.3, 0.4) is 0 Å². The van der Waals surface area contributed by atoms with Crippen LogP contribution in [0.15, 0.2) is 29.2 Å². The van der Waals surface area contributed by atoms with Crippen molar-refractivity contribution in [2.75, 3.05) is 26.2 Å². The molecule has 0 aliphatic carbocycles. The van der Waals surface area contributed by atoms with Gasteiger partial charge in [0, 0.05) is 18.7 Å². The van der Waals surface area contributed by atoms with Crippen molar-refractivity contribution in [3.05, 3.63) is 34.7 Å². The van der Waals surface area contributed by atoms with Gasteiger partial charge in [-0.25, -0.2) is 0 Å². The summed E-state index contributed by atoms with van der Waals surface area (Å²) >= 11 is 0.805. The van der Waals surface area contributed by atoms with E-state index in [1.165, 1.54) is 0 Å². The lowest BCUT2D eigenvalue weighted by Crippen LogP contribution is -2.44. The summed E-state index contributed by atoms with van der Waals surface area (Å²) in [5, 5.41) is 8.22. The number of amides is 3. The van der Waals surface area contributed by atoms with Crippen LogP contribution in [0.25, 0.3) is 6.08 Å². The third kappa shape index (κ3) is 4.49. The van der Waals surface area contributed by atoms with Crippen molar-refractivity contribution in [3.63, 3.8) is 0 Å². The summed E-state index contributed by atoms with van der Waals surface area (Å²) in [5.74, 6) is -0.225. The van der Waals surface area contributed by atoms with Gasteiger partial charge in [-0.3, -0.25) is 19.3 Å². The molecule has 0 bridgehead atoms. The number of nitrogens with zero attached hydrogens (tertiary/aromatic N) is 3. The number of piperidine rings is 1. The Balaban J connectivity index is 1.73. The molecule has 1 aromatic carbocycles. The normalized spacial score (nSPS) is 18.7. The van der Waals surface area contributed by atoms with Crippen LogP contribution in [0.5, 0.6) is 5.75 Å². The number of nitriles is 1. The molecule has 2 aliphatic rings. The van der Waals surface area contributed by atoms with Gasteiger partial charge in [-0.15, -0.1) is 0 Å². The molecule has 0 unspecified atom stereocenters. The van der Waals surface area contributed by atoms with Gasteiger partial charge in [0.05, 0.1) is 4.91 Å². The number of para-hydroxylation sites is 1. The number of hydrogen-bond donors (Lipinski definition) is 0. The minimum atomic E-state index is -0.481. The predicted octanol–water partition coefficient (Wildman–Crippen LogP) is 2.64. The fourth-order valence-electron chi connectivity index (χ4n) is 3.00. The molecule has 0 aromatic heterocycles. The lowest BCUT2D eigenvalue weighted by Gasteiger charge is -2.27. The van der Waals surface area contributed by atoms with Gasteiger partial charge < -0.3 is 9.64 Å². The molecule has 0 saturated carbocycles. The van der Waals surface area contributed by atoms with E-state index in [1.54, 1.807) is 35.2 Å². The molecule has 8 heteroatoms. The molecule has 2 fully saturated rings. The summed E-state index contributed by atoms with van der Waals surface area (Å²) in [5.41, 5.74) is 0.598. The van der Waals surface area contributed by atoms with Gasteiger partial charge in [0.2, 0.25) is 5.91 Å². The van der Waals surface area contributed by atoms with E-state index in [4.69, 9.17) is 10.00 Å². The second-order valence-electron chi connectivity index (χ2n) is 6.19. The summed E-state index contributed by atoms with van der Waals surface area (Å²) < 4.78 is 5.34. The Bertz CT molecular complexity index is 824. The lowest BCUT2D eigenvalue weighted by atomic mass is 10.1. The van der Waals surface area contributed by atoms with Crippen molar-refractivity contribution in [3.8, 4) is 11.8 Å². The first-order chi connectivity index (χ1) is 13.1. The SMILES string of the molecule is N#CCOc1ccccc1/C=C1\SC(=O)N(CC(=O)N2CCCCC2)C1=O. The van der Waals surface area contributed by atoms with Crippen molar-refractivity contribution in [1.82, 2.24) is 9.80 Å². The van der Waals surface area contributed by atoms with Gasteiger partial charge in [-0.05, 0) is 43.2 Å². The molecular formula is C19H19N3O4S. The molecule has 3 amide bonds. The molecule has 0 atom stereocenters. The highest BCUT2D eigenvalue weighted by Gasteiger charge is 2.37. The number of ether oxygens (including phenoxy) is 1. The van der Waals surface area contributed by atoms with Crippen molar-refractivity contribution >= 4 is 34.9 Å². The molecule has 7 nitrogen and oxygen atoms in total. The number of thioether (sulfide) groups is 1. The van der Waals surface area contributed by atoms with E-state index in [2.05, 4.69) is 0 Å². The van der Waals surface area contributed by atoms with Crippen molar-refractivity contribution < 1.29 is 19.1 Å². The van der Waals surface area contributed by atoms with Gasteiger partial charge in [0.25, 0.3) is 11.1 Å². The number of carbonyl (C=O) groups is 3. The first-order valence-corrected chi connectivity index (χ1v) is 9.53. The summed E-state index contributed by atoms with van der Waals surface area (Å²) in [4.78, 5) is 40.2. The molecule has 27 heavy (non-hydrogen) atoms. The van der Waals surface area contributed by atoms with Crippen molar-refractivity contribution in [1.29, 1.82) is 5.26 Å². The Morgan fingerprint density at radius 1 is 1.22 bits per heavy atom. The van der Waals surface area contributed by atoms with Gasteiger partial charge in [0.1, 0.15) is 18.4 Å². The van der Waals surface area contributed by atoms with Crippen LogP contribution < -0.4 is 4.74 Å². The van der Waals surface area contributed by atoms with Crippen LogP contribution in [0, 0.1) is 11.3 Å². The van der Waals surface area contributed by atoms with Crippen molar-refractivity contribution in [2.24, 2.45) is 0 Å². The Morgan fingerprint density at radius 3 is 2.70 bits per heavy atom. The van der Waals surface area contributed by atoms with Crippen LogP contribution in [0.2, 0.25) is 0 Å². The molecule has 1 aromatic rings. The molecule has 140 valence electrons. The van der Waals surface area contributed by atoms with Crippen LogP contribution in [0.4, 0.5) is 4.79 Å². The monoisotopic (exact) mass is 385 g/mol. The Hall–Kier alpha value is -2.79. The van der Waals surface area contributed by atoms with E-state index in [0.29, 0.717) is 24.4 Å². The van der Waals surface area contributed by atoms with E-state index in [-0.39, 0.29) is 24.0 Å². The quantitative estimate of drug-likeness (QED) is 0.724. The van der Waals surface area contributed by atoms with Crippen LogP contribution in [-0.2, 0) is 9.59 Å². The molecule has 2 aliphatic heterocycles. The third-order valence-corrected chi connectivity index (χ3v) is 5.28. The number of likely N-dealkylation sites (tertiary alicyclic amines) is 1. The summed E-state index contributed by atoms with van der Waals surface area (Å²) in [7, 11) is 0. The van der Waals surface area contributed by atoms with E-state index in [0.717, 1.165) is 35.9 Å². The molecule has 2 saturated heterocycles. The van der Waals surface area contributed by atoms with Gasteiger partial charge >= 0.3 is 0 Å². The topological polar surface area (TPSA) is 90.7 Å². The third-order valence-electron chi connectivity index (χ3n) is 4.37. The highest BCUT2D eigenvalue weighted by atomic mass is 32.2. The first-order valence-electron chi connectivity index (χ1n) is 8.72. The second kappa shape index (κ2) is 8.73.